The highest BCUT2D eigenvalue weighted by molar-refractivity contribution is 6.43. The number of hydroxylamine groups is 2. The molecule has 3 rings (SSSR count). The van der Waals surface area contributed by atoms with Crippen LogP contribution in [0, 0.1) is 0 Å². The number of ketones is 2. The number of hydrogen-bond donors (Lipinski definition) is 0. The minimum Gasteiger partial charge on any atom is -0.459 e. The first-order valence-electron chi connectivity index (χ1n) is 8.31. The summed E-state index contributed by atoms with van der Waals surface area (Å²) in [4.78, 5) is 53.9. The number of piperidine rings is 1. The molecule has 0 aliphatic carbocycles. The number of benzene rings is 1. The molecule has 2 bridgehead atoms. The molecule has 2 aliphatic rings. The lowest BCUT2D eigenvalue weighted by Crippen LogP contribution is -2.54. The van der Waals surface area contributed by atoms with Crippen LogP contribution in [0.3, 0.4) is 0 Å². The van der Waals surface area contributed by atoms with E-state index in [4.69, 9.17) is 9.57 Å². The Bertz CT molecular complexity index is 747. The van der Waals surface area contributed by atoms with E-state index in [0.29, 0.717) is 12.0 Å². The standard InChI is InChI=1S/C19H19NO6/c1-3-9-19(25-12(2)21)10-14-16(22)17(23)15(11-19)20(14)26-18(24)13-7-5-4-6-8-13/h3-8,14-15H,1,9-11H2,2H3/t14-,15+,19?. The second kappa shape index (κ2) is 6.84. The van der Waals surface area contributed by atoms with Gasteiger partial charge in [-0.15, -0.1) is 11.6 Å². The molecular weight excluding hydrogens is 338 g/mol. The molecule has 1 aromatic rings. The van der Waals surface area contributed by atoms with Gasteiger partial charge in [0.1, 0.15) is 17.7 Å². The van der Waals surface area contributed by atoms with Crippen LogP contribution in [0.5, 0.6) is 0 Å². The van der Waals surface area contributed by atoms with Gasteiger partial charge in [-0.1, -0.05) is 24.3 Å². The van der Waals surface area contributed by atoms with E-state index in [9.17, 15) is 19.2 Å². The predicted octanol–water partition coefficient (Wildman–Crippen LogP) is 1.62. The number of carbonyl (C=O) groups is 4. The molecule has 7 nitrogen and oxygen atoms in total. The van der Waals surface area contributed by atoms with E-state index in [0.717, 1.165) is 5.06 Å². The summed E-state index contributed by atoms with van der Waals surface area (Å²) in [7, 11) is 0. The van der Waals surface area contributed by atoms with Crippen LogP contribution in [0.25, 0.3) is 0 Å². The molecule has 2 saturated heterocycles. The first-order valence-corrected chi connectivity index (χ1v) is 8.31. The molecule has 0 aromatic heterocycles. The number of Topliss-reactive ketones (excluding diaryl/α,β-unsaturated/α-hetero) is 2. The summed E-state index contributed by atoms with van der Waals surface area (Å²) in [6, 6.07) is 6.37. The average molecular weight is 357 g/mol. The quantitative estimate of drug-likeness (QED) is 0.449. The second-order valence-electron chi connectivity index (χ2n) is 6.54. The van der Waals surface area contributed by atoms with E-state index in [1.807, 2.05) is 0 Å². The van der Waals surface area contributed by atoms with Crippen LogP contribution in [0.2, 0.25) is 0 Å². The van der Waals surface area contributed by atoms with Gasteiger partial charge in [-0.3, -0.25) is 14.4 Å². The Morgan fingerprint density at radius 1 is 1.19 bits per heavy atom. The fourth-order valence-corrected chi connectivity index (χ4v) is 3.64. The lowest BCUT2D eigenvalue weighted by atomic mass is 9.84. The van der Waals surface area contributed by atoms with Crippen molar-refractivity contribution in [2.45, 2.75) is 43.9 Å². The highest BCUT2D eigenvalue weighted by Crippen LogP contribution is 2.42. The van der Waals surface area contributed by atoms with Gasteiger partial charge < -0.3 is 9.57 Å². The van der Waals surface area contributed by atoms with Crippen molar-refractivity contribution in [3.63, 3.8) is 0 Å². The predicted molar refractivity (Wildman–Crippen MR) is 89.8 cm³/mol. The molecule has 1 aromatic carbocycles. The van der Waals surface area contributed by atoms with Crippen LogP contribution in [-0.2, 0) is 24.0 Å². The molecule has 0 radical (unpaired) electrons. The maximum atomic E-state index is 12.3. The summed E-state index contributed by atoms with van der Waals surface area (Å²) in [5.41, 5.74) is -0.685. The molecule has 136 valence electrons. The van der Waals surface area contributed by atoms with Crippen molar-refractivity contribution in [2.24, 2.45) is 0 Å². The molecule has 1 unspecified atom stereocenters. The Balaban J connectivity index is 1.85. The van der Waals surface area contributed by atoms with Crippen LogP contribution in [0.15, 0.2) is 43.0 Å². The third kappa shape index (κ3) is 3.17. The van der Waals surface area contributed by atoms with E-state index in [1.165, 1.54) is 6.92 Å². The minimum atomic E-state index is -1.000. The molecule has 0 N–H and O–H groups in total. The number of carbonyl (C=O) groups excluding carboxylic acids is 4. The molecule has 0 saturated carbocycles. The highest BCUT2D eigenvalue weighted by atomic mass is 16.7. The van der Waals surface area contributed by atoms with Gasteiger partial charge in [0.15, 0.2) is 0 Å². The number of ether oxygens (including phenoxy) is 1. The van der Waals surface area contributed by atoms with Gasteiger partial charge in [-0.25, -0.2) is 4.79 Å². The van der Waals surface area contributed by atoms with Crippen molar-refractivity contribution in [1.29, 1.82) is 0 Å². The molecule has 2 fully saturated rings. The van der Waals surface area contributed by atoms with Gasteiger partial charge in [0.05, 0.1) is 5.56 Å². The van der Waals surface area contributed by atoms with E-state index in [2.05, 4.69) is 6.58 Å². The normalized spacial score (nSPS) is 27.9. The largest absolute Gasteiger partial charge is 0.459 e. The van der Waals surface area contributed by atoms with E-state index in [1.54, 1.807) is 36.4 Å². The van der Waals surface area contributed by atoms with Gasteiger partial charge in [-0.2, -0.15) is 0 Å². The third-order valence-electron chi connectivity index (χ3n) is 4.67. The van der Waals surface area contributed by atoms with Gasteiger partial charge >= 0.3 is 11.9 Å². The first kappa shape index (κ1) is 18.0. The van der Waals surface area contributed by atoms with Crippen LogP contribution in [0.1, 0.15) is 36.5 Å². The molecule has 0 amide bonds. The molecule has 2 heterocycles. The first-order chi connectivity index (χ1) is 12.4. The average Bonchev–Trinajstić information content (AvgIpc) is 2.74. The van der Waals surface area contributed by atoms with Crippen molar-refractivity contribution in [3.05, 3.63) is 48.6 Å². The Labute approximate surface area is 150 Å². The van der Waals surface area contributed by atoms with Crippen molar-refractivity contribution in [3.8, 4) is 0 Å². The number of nitrogens with zero attached hydrogens (tertiary/aromatic N) is 1. The molecule has 7 heteroatoms. The van der Waals surface area contributed by atoms with E-state index >= 15 is 0 Å². The van der Waals surface area contributed by atoms with Crippen LogP contribution < -0.4 is 0 Å². The van der Waals surface area contributed by atoms with Crippen molar-refractivity contribution < 1.29 is 28.8 Å². The van der Waals surface area contributed by atoms with Crippen LogP contribution >= 0.6 is 0 Å². The van der Waals surface area contributed by atoms with E-state index < -0.39 is 41.2 Å². The zero-order chi connectivity index (χ0) is 18.9. The highest BCUT2D eigenvalue weighted by Gasteiger charge is 2.60. The summed E-state index contributed by atoms with van der Waals surface area (Å²) >= 11 is 0. The van der Waals surface area contributed by atoms with E-state index in [-0.39, 0.29) is 12.8 Å². The lowest BCUT2D eigenvalue weighted by molar-refractivity contribution is -0.204. The van der Waals surface area contributed by atoms with Crippen LogP contribution in [0.4, 0.5) is 0 Å². The van der Waals surface area contributed by atoms with Gasteiger partial charge in [0.2, 0.25) is 11.6 Å². The maximum absolute atomic E-state index is 12.3. The molecule has 3 atom stereocenters. The summed E-state index contributed by atoms with van der Waals surface area (Å²) in [5.74, 6) is -2.41. The van der Waals surface area contributed by atoms with Crippen molar-refractivity contribution in [2.75, 3.05) is 0 Å². The van der Waals surface area contributed by atoms with Crippen molar-refractivity contribution >= 4 is 23.5 Å². The summed E-state index contributed by atoms with van der Waals surface area (Å²) in [6.07, 6.45) is 2.03. The Kier molecular flexibility index (Phi) is 4.73. The fourth-order valence-electron chi connectivity index (χ4n) is 3.64. The van der Waals surface area contributed by atoms with Crippen LogP contribution in [-0.4, -0.2) is 46.3 Å². The SMILES string of the molecule is C=CCC1(OC(C)=O)C[C@@H]2C(=O)C(=O)[C@H](C1)N2OC(=O)c1ccccc1. The smallest absolute Gasteiger partial charge is 0.357 e. The molecular formula is C19H19NO6. The zero-order valence-electron chi connectivity index (χ0n) is 14.3. The maximum Gasteiger partial charge on any atom is 0.357 e. The monoisotopic (exact) mass is 357 g/mol. The Hall–Kier alpha value is -2.80. The Morgan fingerprint density at radius 3 is 2.27 bits per heavy atom. The number of hydrogen-bond acceptors (Lipinski definition) is 7. The third-order valence-corrected chi connectivity index (χ3v) is 4.67. The van der Waals surface area contributed by atoms with Crippen molar-refractivity contribution in [1.82, 2.24) is 5.06 Å². The zero-order valence-corrected chi connectivity index (χ0v) is 14.3. The molecule has 2 aliphatic heterocycles. The minimum absolute atomic E-state index is 0.0712. The summed E-state index contributed by atoms with van der Waals surface area (Å²) in [5, 5.41) is 1.16. The van der Waals surface area contributed by atoms with Gasteiger partial charge in [0.25, 0.3) is 0 Å². The van der Waals surface area contributed by atoms with Gasteiger partial charge in [0, 0.05) is 26.2 Å². The molecule has 26 heavy (non-hydrogen) atoms. The molecule has 0 spiro atoms. The Morgan fingerprint density at radius 2 is 1.77 bits per heavy atom. The second-order valence-corrected chi connectivity index (χ2v) is 6.54. The topological polar surface area (TPSA) is 90.0 Å². The number of rotatable bonds is 5. The number of esters is 1. The van der Waals surface area contributed by atoms with Gasteiger partial charge in [-0.05, 0) is 12.1 Å². The lowest BCUT2D eigenvalue weighted by Gasteiger charge is -2.42. The number of fused-ring (bicyclic) bond motifs is 2. The fraction of sp³-hybridized carbons (Fsp3) is 0.368. The summed E-state index contributed by atoms with van der Waals surface area (Å²) in [6.45, 7) is 4.94. The summed E-state index contributed by atoms with van der Waals surface area (Å²) < 4.78 is 5.45.